The van der Waals surface area contributed by atoms with Crippen LogP contribution in [0.2, 0.25) is 0 Å². The van der Waals surface area contributed by atoms with Gasteiger partial charge in [0.15, 0.2) is 5.13 Å². The van der Waals surface area contributed by atoms with Crippen molar-refractivity contribution in [2.24, 2.45) is 0 Å². The monoisotopic (exact) mass is 394 g/mol. The predicted molar refractivity (Wildman–Crippen MR) is 113 cm³/mol. The number of aromatic nitrogens is 1. The van der Waals surface area contributed by atoms with Gasteiger partial charge in [-0.25, -0.2) is 4.98 Å². The normalized spacial score (nSPS) is 14.0. The van der Waals surface area contributed by atoms with Crippen LogP contribution in [0.25, 0.3) is 0 Å². The molecule has 7 heteroatoms. The number of rotatable bonds is 5. The topological polar surface area (TPSA) is 57.7 Å². The van der Waals surface area contributed by atoms with Gasteiger partial charge in [-0.3, -0.25) is 4.79 Å². The van der Waals surface area contributed by atoms with E-state index in [4.69, 9.17) is 4.74 Å². The summed E-state index contributed by atoms with van der Waals surface area (Å²) >= 11 is 1.45. The summed E-state index contributed by atoms with van der Waals surface area (Å²) in [6, 6.07) is 17.9. The highest BCUT2D eigenvalue weighted by molar-refractivity contribution is 7.14. The van der Waals surface area contributed by atoms with Gasteiger partial charge in [0.05, 0.1) is 7.11 Å². The van der Waals surface area contributed by atoms with E-state index in [1.165, 1.54) is 11.3 Å². The van der Waals surface area contributed by atoms with E-state index in [2.05, 4.69) is 27.3 Å². The number of nitrogens with zero attached hydrogens (tertiary/aromatic N) is 3. The van der Waals surface area contributed by atoms with E-state index >= 15 is 0 Å². The van der Waals surface area contributed by atoms with Crippen LogP contribution in [-0.2, 0) is 0 Å². The number of carbonyl (C=O) groups is 1. The summed E-state index contributed by atoms with van der Waals surface area (Å²) < 4.78 is 5.21. The average Bonchev–Trinajstić information content (AvgIpc) is 3.22. The van der Waals surface area contributed by atoms with Gasteiger partial charge < -0.3 is 19.9 Å². The molecule has 0 spiro atoms. The van der Waals surface area contributed by atoms with Crippen molar-refractivity contribution in [1.29, 1.82) is 0 Å². The first-order valence-corrected chi connectivity index (χ1v) is 10.1. The zero-order valence-corrected chi connectivity index (χ0v) is 16.5. The van der Waals surface area contributed by atoms with Crippen LogP contribution >= 0.6 is 11.3 Å². The summed E-state index contributed by atoms with van der Waals surface area (Å²) in [5.41, 5.74) is 2.61. The number of hydrogen-bond donors (Lipinski definition) is 1. The van der Waals surface area contributed by atoms with Crippen LogP contribution in [0.1, 0.15) is 10.5 Å². The maximum atomic E-state index is 12.8. The number of ether oxygens (including phenoxy) is 1. The van der Waals surface area contributed by atoms with Crippen LogP contribution in [0, 0.1) is 0 Å². The molecular formula is C21H22N4O2S. The molecule has 6 nitrogen and oxygen atoms in total. The van der Waals surface area contributed by atoms with Crippen LogP contribution in [0.5, 0.6) is 5.75 Å². The lowest BCUT2D eigenvalue weighted by Crippen LogP contribution is -2.48. The van der Waals surface area contributed by atoms with Crippen molar-refractivity contribution < 1.29 is 9.53 Å². The van der Waals surface area contributed by atoms with Crippen LogP contribution in [0.3, 0.4) is 0 Å². The molecule has 1 aromatic heterocycles. The Bertz CT molecular complexity index is 919. The van der Waals surface area contributed by atoms with E-state index in [-0.39, 0.29) is 5.91 Å². The molecule has 144 valence electrons. The van der Waals surface area contributed by atoms with Crippen LogP contribution < -0.4 is 15.0 Å². The van der Waals surface area contributed by atoms with Crippen molar-refractivity contribution in [3.05, 3.63) is 65.7 Å². The van der Waals surface area contributed by atoms with E-state index in [1.807, 2.05) is 52.7 Å². The van der Waals surface area contributed by atoms with E-state index in [0.717, 1.165) is 35.3 Å². The predicted octanol–water partition coefficient (Wildman–Crippen LogP) is 3.86. The minimum atomic E-state index is -0.00765. The van der Waals surface area contributed by atoms with E-state index in [1.54, 1.807) is 7.11 Å². The van der Waals surface area contributed by atoms with Gasteiger partial charge in [-0.1, -0.05) is 18.2 Å². The Balaban J connectivity index is 1.35. The number of piperazine rings is 1. The number of methoxy groups -OCH3 is 1. The van der Waals surface area contributed by atoms with Crippen molar-refractivity contribution in [2.45, 2.75) is 0 Å². The highest BCUT2D eigenvalue weighted by atomic mass is 32.1. The molecule has 0 atom stereocenters. The Morgan fingerprint density at radius 3 is 2.43 bits per heavy atom. The highest BCUT2D eigenvalue weighted by Gasteiger charge is 2.24. The largest absolute Gasteiger partial charge is 0.497 e. The smallest absolute Gasteiger partial charge is 0.273 e. The summed E-state index contributed by atoms with van der Waals surface area (Å²) in [6.45, 7) is 2.97. The van der Waals surface area contributed by atoms with Crippen LogP contribution in [-0.4, -0.2) is 49.1 Å². The van der Waals surface area contributed by atoms with Crippen LogP contribution in [0.15, 0.2) is 60.0 Å². The third-order valence-corrected chi connectivity index (χ3v) is 5.51. The van der Waals surface area contributed by atoms with Gasteiger partial charge in [0.1, 0.15) is 11.4 Å². The maximum Gasteiger partial charge on any atom is 0.273 e. The molecule has 0 bridgehead atoms. The zero-order valence-electron chi connectivity index (χ0n) is 15.7. The van der Waals surface area contributed by atoms with Gasteiger partial charge in [-0.2, -0.15) is 0 Å². The quantitative estimate of drug-likeness (QED) is 0.712. The molecule has 4 rings (SSSR count). The van der Waals surface area contributed by atoms with E-state index < -0.39 is 0 Å². The number of hydrogen-bond acceptors (Lipinski definition) is 6. The molecule has 1 aliphatic rings. The molecule has 28 heavy (non-hydrogen) atoms. The molecule has 1 N–H and O–H groups in total. The molecule has 2 heterocycles. The number of carbonyl (C=O) groups excluding carboxylic acids is 1. The molecule has 2 aromatic carbocycles. The first kappa shape index (κ1) is 18.3. The molecule has 0 aliphatic carbocycles. The van der Waals surface area contributed by atoms with Gasteiger partial charge >= 0.3 is 0 Å². The van der Waals surface area contributed by atoms with Crippen molar-refractivity contribution in [1.82, 2.24) is 9.88 Å². The fraction of sp³-hybridized carbons (Fsp3) is 0.238. The van der Waals surface area contributed by atoms with Crippen molar-refractivity contribution in [2.75, 3.05) is 43.5 Å². The standard InChI is InChI=1S/C21H22N4O2S/c1-27-18-9-7-17(8-10-18)24-11-13-25(14-12-24)20(26)19-15-28-21(23-19)22-16-5-3-2-4-6-16/h2-10,15H,11-14H2,1H3,(H,22,23). The third kappa shape index (κ3) is 4.09. The fourth-order valence-corrected chi connectivity index (χ4v) is 3.90. The van der Waals surface area contributed by atoms with Gasteiger partial charge in [0.25, 0.3) is 5.91 Å². The summed E-state index contributed by atoms with van der Waals surface area (Å²) in [4.78, 5) is 21.4. The van der Waals surface area contributed by atoms with E-state index in [9.17, 15) is 4.79 Å². The molecule has 1 saturated heterocycles. The minimum absolute atomic E-state index is 0.00765. The van der Waals surface area contributed by atoms with E-state index in [0.29, 0.717) is 18.8 Å². The zero-order chi connectivity index (χ0) is 19.3. The number of nitrogens with one attached hydrogen (secondary N) is 1. The molecule has 3 aromatic rings. The number of amides is 1. The Labute approximate surface area is 168 Å². The number of anilines is 3. The maximum absolute atomic E-state index is 12.8. The van der Waals surface area contributed by atoms with Crippen LogP contribution in [0.4, 0.5) is 16.5 Å². The second kappa shape index (κ2) is 8.31. The van der Waals surface area contributed by atoms with Crippen molar-refractivity contribution >= 4 is 33.8 Å². The number of para-hydroxylation sites is 1. The molecule has 1 amide bonds. The Morgan fingerprint density at radius 2 is 1.75 bits per heavy atom. The Kier molecular flexibility index (Phi) is 5.43. The molecule has 1 fully saturated rings. The Morgan fingerprint density at radius 1 is 1.04 bits per heavy atom. The fourth-order valence-electron chi connectivity index (χ4n) is 3.20. The second-order valence-electron chi connectivity index (χ2n) is 6.51. The SMILES string of the molecule is COc1ccc(N2CCN(C(=O)c3csc(Nc4ccccc4)n3)CC2)cc1. The summed E-state index contributed by atoms with van der Waals surface area (Å²) in [7, 11) is 1.67. The third-order valence-electron chi connectivity index (χ3n) is 4.75. The van der Waals surface area contributed by atoms with Gasteiger partial charge in [0.2, 0.25) is 0 Å². The minimum Gasteiger partial charge on any atom is -0.497 e. The molecule has 0 saturated carbocycles. The summed E-state index contributed by atoms with van der Waals surface area (Å²) in [5, 5.41) is 5.79. The average molecular weight is 395 g/mol. The molecule has 0 radical (unpaired) electrons. The summed E-state index contributed by atoms with van der Waals surface area (Å²) in [5.74, 6) is 0.841. The molecule has 0 unspecified atom stereocenters. The highest BCUT2D eigenvalue weighted by Crippen LogP contribution is 2.23. The lowest BCUT2D eigenvalue weighted by atomic mass is 10.2. The second-order valence-corrected chi connectivity index (χ2v) is 7.36. The number of thiazole rings is 1. The first-order chi connectivity index (χ1) is 13.7. The van der Waals surface area contributed by atoms with Crippen molar-refractivity contribution in [3.63, 3.8) is 0 Å². The molecular weight excluding hydrogens is 372 g/mol. The number of benzene rings is 2. The molecule has 1 aliphatic heterocycles. The Hall–Kier alpha value is -3.06. The van der Waals surface area contributed by atoms with Gasteiger partial charge in [0, 0.05) is 42.9 Å². The van der Waals surface area contributed by atoms with Crippen molar-refractivity contribution in [3.8, 4) is 5.75 Å². The first-order valence-electron chi connectivity index (χ1n) is 9.19. The lowest BCUT2D eigenvalue weighted by molar-refractivity contribution is 0.0742. The lowest BCUT2D eigenvalue weighted by Gasteiger charge is -2.35. The van der Waals surface area contributed by atoms with Gasteiger partial charge in [-0.05, 0) is 36.4 Å². The van der Waals surface area contributed by atoms with Gasteiger partial charge in [-0.15, -0.1) is 11.3 Å². The summed E-state index contributed by atoms with van der Waals surface area (Å²) in [6.07, 6.45) is 0.